The van der Waals surface area contributed by atoms with Gasteiger partial charge in [0.05, 0.1) is 5.75 Å². The Morgan fingerprint density at radius 3 is 2.26 bits per heavy atom. The number of hydrogen-bond donors (Lipinski definition) is 1. The summed E-state index contributed by atoms with van der Waals surface area (Å²) in [5, 5.41) is 3.04. The normalized spacial score (nSPS) is 11.9. The lowest BCUT2D eigenvalue weighted by Crippen LogP contribution is -2.17. The number of carbonyl (C=O) groups excluding carboxylic acids is 1. The smallest absolute Gasteiger partial charge is 0.406 e. The van der Waals surface area contributed by atoms with Gasteiger partial charge >= 0.3 is 6.36 Å². The molecule has 0 spiro atoms. The van der Waals surface area contributed by atoms with Crippen LogP contribution < -0.4 is 10.1 Å². The topological polar surface area (TPSA) is 85.4 Å². The van der Waals surface area contributed by atoms with Crippen LogP contribution in [0.4, 0.5) is 18.3 Å². The number of halogens is 3. The van der Waals surface area contributed by atoms with E-state index in [2.05, 4.69) is 15.0 Å². The number of nitrogens with zero attached hydrogens (tertiary/aromatic N) is 1. The number of ether oxygens (including phenoxy) is 1. The van der Waals surface area contributed by atoms with Crippen LogP contribution in [0, 0.1) is 0 Å². The molecule has 0 bridgehead atoms. The van der Waals surface area contributed by atoms with Gasteiger partial charge in [0.2, 0.25) is 0 Å². The summed E-state index contributed by atoms with van der Waals surface area (Å²) in [6, 6.07) is 11.8. The first-order chi connectivity index (χ1) is 14.5. The van der Waals surface area contributed by atoms with Gasteiger partial charge in [0.25, 0.3) is 5.91 Å². The Morgan fingerprint density at radius 1 is 1.06 bits per heavy atom. The van der Waals surface area contributed by atoms with Gasteiger partial charge in [-0.05, 0) is 35.4 Å². The van der Waals surface area contributed by atoms with Crippen LogP contribution in [0.3, 0.4) is 0 Å². The Kier molecular flexibility index (Phi) is 6.65. The molecule has 2 aromatic carbocycles. The van der Waals surface area contributed by atoms with E-state index in [-0.39, 0.29) is 17.4 Å². The largest absolute Gasteiger partial charge is 0.573 e. The van der Waals surface area contributed by atoms with Crippen molar-refractivity contribution < 1.29 is 31.1 Å². The standard InChI is InChI=1S/C20H17F3N2O4S2/c1-31(27,28)12-14-2-6-15(7-3-14)18(26)25-19-24-11-17(30-19)10-13-4-8-16(9-5-13)29-20(21,22)23/h2-9,11H,10,12H2,1H3,(H,24,25,26). The van der Waals surface area contributed by atoms with Crippen molar-refractivity contribution in [3.63, 3.8) is 0 Å². The lowest BCUT2D eigenvalue weighted by Gasteiger charge is -2.08. The molecule has 0 aliphatic heterocycles. The van der Waals surface area contributed by atoms with Crippen LogP contribution in [-0.4, -0.2) is 31.9 Å². The number of aromatic nitrogens is 1. The van der Waals surface area contributed by atoms with Crippen LogP contribution in [0.5, 0.6) is 5.75 Å². The highest BCUT2D eigenvalue weighted by atomic mass is 32.2. The minimum Gasteiger partial charge on any atom is -0.406 e. The summed E-state index contributed by atoms with van der Waals surface area (Å²) in [7, 11) is -3.16. The maximum absolute atomic E-state index is 12.4. The molecule has 3 aromatic rings. The van der Waals surface area contributed by atoms with E-state index in [4.69, 9.17) is 0 Å². The van der Waals surface area contributed by atoms with Crippen LogP contribution in [0.2, 0.25) is 0 Å². The fourth-order valence-electron chi connectivity index (χ4n) is 2.68. The minimum atomic E-state index is -4.74. The highest BCUT2D eigenvalue weighted by Gasteiger charge is 2.30. The molecule has 0 saturated carbocycles. The SMILES string of the molecule is CS(=O)(=O)Cc1ccc(C(=O)Nc2ncc(Cc3ccc(OC(F)(F)F)cc3)s2)cc1. The quantitative estimate of drug-likeness (QED) is 0.552. The maximum atomic E-state index is 12.4. The molecule has 0 unspecified atom stereocenters. The molecule has 1 N–H and O–H groups in total. The molecule has 31 heavy (non-hydrogen) atoms. The Bertz CT molecular complexity index is 1160. The number of thiazole rings is 1. The number of sulfone groups is 1. The molecule has 0 aliphatic rings. The summed E-state index contributed by atoms with van der Waals surface area (Å²) >= 11 is 1.24. The van der Waals surface area contributed by atoms with E-state index in [0.29, 0.717) is 22.7 Å². The fourth-order valence-corrected chi connectivity index (χ4v) is 4.32. The predicted octanol–water partition coefficient (Wildman–Crippen LogP) is 4.43. The monoisotopic (exact) mass is 470 g/mol. The molecule has 0 atom stereocenters. The first-order valence-electron chi connectivity index (χ1n) is 8.84. The van der Waals surface area contributed by atoms with Crippen molar-refractivity contribution in [1.82, 2.24) is 4.98 Å². The molecule has 1 aromatic heterocycles. The predicted molar refractivity (Wildman–Crippen MR) is 111 cm³/mol. The van der Waals surface area contributed by atoms with Gasteiger partial charge in [0, 0.05) is 29.3 Å². The van der Waals surface area contributed by atoms with E-state index in [1.807, 2.05) is 0 Å². The molecule has 11 heteroatoms. The highest BCUT2D eigenvalue weighted by molar-refractivity contribution is 7.89. The van der Waals surface area contributed by atoms with Crippen LogP contribution in [0.25, 0.3) is 0 Å². The Morgan fingerprint density at radius 2 is 1.68 bits per heavy atom. The minimum absolute atomic E-state index is 0.103. The van der Waals surface area contributed by atoms with E-state index >= 15 is 0 Å². The van der Waals surface area contributed by atoms with E-state index in [0.717, 1.165) is 16.7 Å². The van der Waals surface area contributed by atoms with Crippen molar-refractivity contribution >= 4 is 32.2 Å². The molecule has 164 valence electrons. The summed E-state index contributed by atoms with van der Waals surface area (Å²) in [6.45, 7) is 0. The molecule has 3 rings (SSSR count). The lowest BCUT2D eigenvalue weighted by atomic mass is 10.1. The summed E-state index contributed by atoms with van der Waals surface area (Å²) in [5.41, 5.74) is 1.70. The summed E-state index contributed by atoms with van der Waals surface area (Å²) in [6.07, 6.45) is -1.59. The molecular formula is C20H17F3N2O4S2. The first-order valence-corrected chi connectivity index (χ1v) is 11.7. The zero-order valence-corrected chi connectivity index (χ0v) is 17.8. The van der Waals surface area contributed by atoms with Crippen LogP contribution >= 0.6 is 11.3 Å². The van der Waals surface area contributed by atoms with E-state index in [1.165, 1.54) is 47.7 Å². The number of rotatable bonds is 7. The van der Waals surface area contributed by atoms with Gasteiger partial charge in [0.1, 0.15) is 5.75 Å². The molecule has 0 saturated heterocycles. The van der Waals surface area contributed by atoms with Gasteiger partial charge in [-0.1, -0.05) is 24.3 Å². The maximum Gasteiger partial charge on any atom is 0.573 e. The third kappa shape index (κ3) is 7.37. The first kappa shape index (κ1) is 22.8. The van der Waals surface area contributed by atoms with E-state index < -0.39 is 16.2 Å². The average Bonchev–Trinajstić information content (AvgIpc) is 3.08. The van der Waals surface area contributed by atoms with Gasteiger partial charge < -0.3 is 4.74 Å². The fraction of sp³-hybridized carbons (Fsp3) is 0.200. The third-order valence-electron chi connectivity index (χ3n) is 3.95. The van der Waals surface area contributed by atoms with Crippen LogP contribution in [0.1, 0.15) is 26.4 Å². The Labute approximate surface area is 180 Å². The van der Waals surface area contributed by atoms with Gasteiger partial charge in [0.15, 0.2) is 15.0 Å². The molecule has 0 radical (unpaired) electrons. The van der Waals surface area contributed by atoms with Crippen molar-refractivity contribution in [2.24, 2.45) is 0 Å². The van der Waals surface area contributed by atoms with Crippen molar-refractivity contribution in [1.29, 1.82) is 0 Å². The van der Waals surface area contributed by atoms with Crippen molar-refractivity contribution in [2.75, 3.05) is 11.6 Å². The van der Waals surface area contributed by atoms with E-state index in [1.54, 1.807) is 18.3 Å². The van der Waals surface area contributed by atoms with Gasteiger partial charge in [-0.2, -0.15) is 0 Å². The number of anilines is 1. The van der Waals surface area contributed by atoms with Gasteiger partial charge in [-0.25, -0.2) is 13.4 Å². The van der Waals surface area contributed by atoms with Crippen LogP contribution in [0.15, 0.2) is 54.7 Å². The second-order valence-corrected chi connectivity index (χ2v) is 9.98. The van der Waals surface area contributed by atoms with Crippen molar-refractivity contribution in [2.45, 2.75) is 18.5 Å². The van der Waals surface area contributed by atoms with Crippen LogP contribution in [-0.2, 0) is 22.0 Å². The number of hydrogen-bond acceptors (Lipinski definition) is 6. The number of carbonyl (C=O) groups is 1. The van der Waals surface area contributed by atoms with Crippen molar-refractivity contribution in [3.05, 3.63) is 76.3 Å². The Balaban J connectivity index is 1.59. The zero-order chi connectivity index (χ0) is 22.6. The number of benzene rings is 2. The van der Waals surface area contributed by atoms with Gasteiger partial charge in [-0.15, -0.1) is 24.5 Å². The molecule has 0 fully saturated rings. The lowest BCUT2D eigenvalue weighted by molar-refractivity contribution is -0.274. The summed E-state index contributed by atoms with van der Waals surface area (Å²) in [4.78, 5) is 17.3. The molecule has 1 heterocycles. The summed E-state index contributed by atoms with van der Waals surface area (Å²) < 4.78 is 63.1. The second-order valence-electron chi connectivity index (χ2n) is 6.72. The second kappa shape index (κ2) is 9.06. The number of amides is 1. The number of nitrogens with one attached hydrogen (secondary N) is 1. The van der Waals surface area contributed by atoms with Gasteiger partial charge in [-0.3, -0.25) is 10.1 Å². The third-order valence-corrected chi connectivity index (χ3v) is 5.72. The molecule has 1 amide bonds. The number of alkyl halides is 3. The Hall–Kier alpha value is -2.92. The zero-order valence-electron chi connectivity index (χ0n) is 16.1. The summed E-state index contributed by atoms with van der Waals surface area (Å²) in [5.74, 6) is -0.787. The highest BCUT2D eigenvalue weighted by Crippen LogP contribution is 2.25. The molecule has 0 aliphatic carbocycles. The average molecular weight is 470 g/mol. The molecular weight excluding hydrogens is 453 g/mol. The van der Waals surface area contributed by atoms with E-state index in [9.17, 15) is 26.4 Å². The molecule has 6 nitrogen and oxygen atoms in total. The van der Waals surface area contributed by atoms with Crippen molar-refractivity contribution in [3.8, 4) is 5.75 Å².